The highest BCUT2D eigenvalue weighted by molar-refractivity contribution is 5.39. The topological polar surface area (TPSA) is 60.9 Å². The first-order valence-corrected chi connectivity index (χ1v) is 8.82. The average molecular weight is 326 g/mol. The van der Waals surface area contributed by atoms with Gasteiger partial charge in [0, 0.05) is 44.5 Å². The van der Waals surface area contributed by atoms with Crippen molar-refractivity contribution in [3.63, 3.8) is 0 Å². The average Bonchev–Trinajstić information content (AvgIpc) is 3.12. The normalized spacial score (nSPS) is 23.6. The summed E-state index contributed by atoms with van der Waals surface area (Å²) in [5.74, 6) is 0.829. The van der Waals surface area contributed by atoms with E-state index in [0.29, 0.717) is 0 Å². The minimum atomic E-state index is 0.200. The molecule has 128 valence electrons. The second kappa shape index (κ2) is 5.84. The summed E-state index contributed by atoms with van der Waals surface area (Å²) < 4.78 is 0. The van der Waals surface area contributed by atoms with Crippen molar-refractivity contribution in [3.8, 4) is 0 Å². The van der Waals surface area contributed by atoms with E-state index in [1.54, 1.807) is 6.33 Å². The summed E-state index contributed by atoms with van der Waals surface area (Å²) in [5, 5.41) is 0. The van der Waals surface area contributed by atoms with Crippen LogP contribution in [0.5, 0.6) is 0 Å². The van der Waals surface area contributed by atoms with Crippen LogP contribution in [0, 0.1) is 6.92 Å². The first-order chi connectivity index (χ1) is 11.6. The number of likely N-dealkylation sites (tertiary alicyclic amines) is 1. The first-order valence-electron chi connectivity index (χ1n) is 8.82. The van der Waals surface area contributed by atoms with Gasteiger partial charge in [-0.3, -0.25) is 4.90 Å². The van der Waals surface area contributed by atoms with Gasteiger partial charge in [0.1, 0.15) is 0 Å². The molecule has 6 nitrogen and oxygen atoms in total. The highest BCUT2D eigenvalue weighted by Crippen LogP contribution is 2.44. The third-order valence-corrected chi connectivity index (χ3v) is 5.59. The smallest absolute Gasteiger partial charge is 0.225 e. The van der Waals surface area contributed by atoms with E-state index >= 15 is 0 Å². The van der Waals surface area contributed by atoms with Crippen LogP contribution in [0.1, 0.15) is 41.9 Å². The molecule has 0 radical (unpaired) electrons. The van der Waals surface area contributed by atoms with E-state index in [0.717, 1.165) is 32.0 Å². The van der Waals surface area contributed by atoms with E-state index < -0.39 is 0 Å². The van der Waals surface area contributed by atoms with Crippen LogP contribution in [0.25, 0.3) is 0 Å². The van der Waals surface area contributed by atoms with Crippen molar-refractivity contribution in [1.29, 1.82) is 0 Å². The lowest BCUT2D eigenvalue weighted by atomic mass is 9.77. The van der Waals surface area contributed by atoms with Crippen molar-refractivity contribution in [1.82, 2.24) is 24.8 Å². The third-order valence-electron chi connectivity index (χ3n) is 5.59. The van der Waals surface area contributed by atoms with Gasteiger partial charge < -0.3 is 9.88 Å². The number of hydrogen-bond acceptors (Lipinski definition) is 5. The van der Waals surface area contributed by atoms with Crippen LogP contribution < -0.4 is 4.90 Å². The molecule has 3 heterocycles. The van der Waals surface area contributed by atoms with Crippen molar-refractivity contribution in [2.24, 2.45) is 0 Å². The fourth-order valence-corrected chi connectivity index (χ4v) is 4.27. The molecule has 1 saturated heterocycles. The number of anilines is 1. The molecule has 4 rings (SSSR count). The van der Waals surface area contributed by atoms with Crippen LogP contribution >= 0.6 is 0 Å². The summed E-state index contributed by atoms with van der Waals surface area (Å²) in [6.45, 7) is 5.26. The van der Waals surface area contributed by atoms with Gasteiger partial charge in [0.25, 0.3) is 0 Å². The number of piperidine rings is 1. The SMILES string of the molecule is Cc1[nH]cnc1CN1CCCC2(CCc3cnc(N(C)C)nc32)C1. The summed E-state index contributed by atoms with van der Waals surface area (Å²) >= 11 is 0. The maximum absolute atomic E-state index is 4.95. The minimum Gasteiger partial charge on any atom is -0.348 e. The maximum atomic E-state index is 4.95. The fraction of sp³-hybridized carbons (Fsp3) is 0.611. The molecular formula is C18H26N6. The van der Waals surface area contributed by atoms with Gasteiger partial charge in [-0.05, 0) is 44.7 Å². The molecule has 1 aliphatic heterocycles. The number of fused-ring (bicyclic) bond motifs is 2. The molecule has 1 N–H and O–H groups in total. The van der Waals surface area contributed by atoms with E-state index in [4.69, 9.17) is 4.98 Å². The highest BCUT2D eigenvalue weighted by atomic mass is 15.2. The molecule has 1 fully saturated rings. The molecule has 24 heavy (non-hydrogen) atoms. The number of aryl methyl sites for hydroxylation is 2. The number of imidazole rings is 1. The maximum Gasteiger partial charge on any atom is 0.225 e. The van der Waals surface area contributed by atoms with E-state index in [1.165, 1.54) is 41.9 Å². The molecule has 0 aromatic carbocycles. The van der Waals surface area contributed by atoms with Crippen molar-refractivity contribution in [2.45, 2.75) is 44.6 Å². The minimum absolute atomic E-state index is 0.200. The lowest BCUT2D eigenvalue weighted by Crippen LogP contribution is -2.45. The molecule has 1 unspecified atom stereocenters. The molecule has 1 spiro atoms. The van der Waals surface area contributed by atoms with Gasteiger partial charge in [0.15, 0.2) is 0 Å². The largest absolute Gasteiger partial charge is 0.348 e. The molecule has 2 aromatic heterocycles. The summed E-state index contributed by atoms with van der Waals surface area (Å²) in [7, 11) is 4.02. The van der Waals surface area contributed by atoms with Crippen LogP contribution in [-0.4, -0.2) is 52.0 Å². The number of aromatic amines is 1. The Labute approximate surface area is 143 Å². The Morgan fingerprint density at radius 3 is 2.92 bits per heavy atom. The van der Waals surface area contributed by atoms with Crippen molar-refractivity contribution >= 4 is 5.95 Å². The number of aromatic nitrogens is 4. The number of rotatable bonds is 3. The predicted molar refractivity (Wildman–Crippen MR) is 94.2 cm³/mol. The Kier molecular flexibility index (Phi) is 3.79. The quantitative estimate of drug-likeness (QED) is 0.935. The molecule has 0 amide bonds. The lowest BCUT2D eigenvalue weighted by Gasteiger charge is -2.40. The summed E-state index contributed by atoms with van der Waals surface area (Å²) in [5.41, 5.74) is 5.19. The zero-order chi connectivity index (χ0) is 16.7. The van der Waals surface area contributed by atoms with Crippen molar-refractivity contribution in [2.75, 3.05) is 32.1 Å². The third kappa shape index (κ3) is 2.59. The van der Waals surface area contributed by atoms with Crippen LogP contribution in [0.3, 0.4) is 0 Å². The molecule has 0 bridgehead atoms. The van der Waals surface area contributed by atoms with E-state index in [2.05, 4.69) is 26.8 Å². The summed E-state index contributed by atoms with van der Waals surface area (Å²) in [6, 6.07) is 0. The molecule has 2 aromatic rings. The van der Waals surface area contributed by atoms with Crippen molar-refractivity contribution < 1.29 is 0 Å². The zero-order valence-electron chi connectivity index (χ0n) is 14.8. The standard InChI is InChI=1S/C18H26N6/c1-13-15(21-12-20-13)10-24-8-4-6-18(11-24)7-5-14-9-19-17(23(2)3)22-16(14)18/h9,12H,4-8,10-11H2,1-3H3,(H,20,21). The molecule has 1 atom stereocenters. The lowest BCUT2D eigenvalue weighted by molar-refractivity contribution is 0.135. The van der Waals surface area contributed by atoms with Gasteiger partial charge >= 0.3 is 0 Å². The number of nitrogens with one attached hydrogen (secondary N) is 1. The molecule has 0 saturated carbocycles. The van der Waals surface area contributed by atoms with Gasteiger partial charge in [-0.25, -0.2) is 15.0 Å². The number of nitrogens with zero attached hydrogens (tertiary/aromatic N) is 5. The summed E-state index contributed by atoms with van der Waals surface area (Å²) in [6.07, 6.45) is 8.61. The van der Waals surface area contributed by atoms with Crippen molar-refractivity contribution in [3.05, 3.63) is 35.2 Å². The number of H-pyrrole nitrogens is 1. The molecule has 6 heteroatoms. The molecule has 1 aliphatic carbocycles. The van der Waals surface area contributed by atoms with E-state index in [-0.39, 0.29) is 5.41 Å². The Bertz CT molecular complexity index is 733. The van der Waals surface area contributed by atoms with Crippen LogP contribution in [0.2, 0.25) is 0 Å². The second-order valence-corrected chi connectivity index (χ2v) is 7.51. The molecular weight excluding hydrogens is 300 g/mol. The molecule has 2 aliphatic rings. The summed E-state index contributed by atoms with van der Waals surface area (Å²) in [4.78, 5) is 21.7. The van der Waals surface area contributed by atoms with Crippen LogP contribution in [0.15, 0.2) is 12.5 Å². The first kappa shape index (κ1) is 15.6. The van der Waals surface area contributed by atoms with E-state index in [1.807, 2.05) is 25.2 Å². The van der Waals surface area contributed by atoms with Crippen LogP contribution in [-0.2, 0) is 18.4 Å². The van der Waals surface area contributed by atoms with Crippen LogP contribution in [0.4, 0.5) is 5.95 Å². The van der Waals surface area contributed by atoms with E-state index in [9.17, 15) is 0 Å². The van der Waals surface area contributed by atoms with Gasteiger partial charge in [-0.15, -0.1) is 0 Å². The Hall–Kier alpha value is -1.95. The Balaban J connectivity index is 1.60. The van der Waals surface area contributed by atoms with Gasteiger partial charge in [-0.2, -0.15) is 0 Å². The zero-order valence-corrected chi connectivity index (χ0v) is 14.8. The monoisotopic (exact) mass is 326 g/mol. The Morgan fingerprint density at radius 2 is 2.17 bits per heavy atom. The second-order valence-electron chi connectivity index (χ2n) is 7.51. The highest BCUT2D eigenvalue weighted by Gasteiger charge is 2.43. The van der Waals surface area contributed by atoms with Gasteiger partial charge in [-0.1, -0.05) is 0 Å². The Morgan fingerprint density at radius 1 is 1.29 bits per heavy atom. The number of hydrogen-bond donors (Lipinski definition) is 1. The fourth-order valence-electron chi connectivity index (χ4n) is 4.27. The predicted octanol–water partition coefficient (Wildman–Crippen LogP) is 2.05. The van der Waals surface area contributed by atoms with Gasteiger partial charge in [0.05, 0.1) is 17.7 Å². The van der Waals surface area contributed by atoms with Gasteiger partial charge in [0.2, 0.25) is 5.95 Å².